The van der Waals surface area contributed by atoms with Crippen LogP contribution in [0.25, 0.3) is 0 Å². The average molecular weight is 270 g/mol. The Morgan fingerprint density at radius 1 is 1.16 bits per heavy atom. The van der Waals surface area contributed by atoms with Crippen LogP contribution in [0.4, 0.5) is 0 Å². The summed E-state index contributed by atoms with van der Waals surface area (Å²) in [6.45, 7) is 1.34. The molecule has 0 atom stereocenters. The summed E-state index contributed by atoms with van der Waals surface area (Å²) < 4.78 is 0. The number of carbonyl (C=O) groups is 2. The van der Waals surface area contributed by atoms with Crippen LogP contribution < -0.4 is 5.32 Å². The Balaban J connectivity index is 2.52. The minimum absolute atomic E-state index is 0.121. The Kier molecular flexibility index (Phi) is 6.28. The van der Waals surface area contributed by atoms with Gasteiger partial charge in [-0.3, -0.25) is 9.59 Å². The van der Waals surface area contributed by atoms with Gasteiger partial charge in [0.1, 0.15) is 0 Å². The highest BCUT2D eigenvalue weighted by Gasteiger charge is 2.40. The van der Waals surface area contributed by atoms with Crippen molar-refractivity contribution in [1.82, 2.24) is 10.2 Å². The van der Waals surface area contributed by atoms with Crippen LogP contribution in [0, 0.1) is 5.41 Å². The molecule has 1 amide bonds. The lowest BCUT2D eigenvalue weighted by atomic mass is 9.77. The fraction of sp³-hybridized carbons (Fsp3) is 0.857. The molecular formula is C14H26N2O3. The number of nitrogens with one attached hydrogen (secondary N) is 1. The zero-order valence-corrected chi connectivity index (χ0v) is 12.1. The molecule has 5 nitrogen and oxygen atoms in total. The number of carbonyl (C=O) groups excluding carboxylic acids is 1. The summed E-state index contributed by atoms with van der Waals surface area (Å²) >= 11 is 0. The number of hydrogen-bond donors (Lipinski definition) is 2. The molecule has 0 aromatic carbocycles. The van der Waals surface area contributed by atoms with E-state index in [4.69, 9.17) is 0 Å². The predicted octanol–water partition coefficient (Wildman–Crippen LogP) is 1.48. The van der Waals surface area contributed by atoms with E-state index in [9.17, 15) is 14.7 Å². The normalized spacial score (nSPS) is 18.9. The Bertz CT molecular complexity index is 308. The van der Waals surface area contributed by atoms with Crippen LogP contribution in [-0.4, -0.2) is 49.1 Å². The molecule has 0 bridgehead atoms. The van der Waals surface area contributed by atoms with Gasteiger partial charge >= 0.3 is 5.97 Å². The lowest BCUT2D eigenvalue weighted by Crippen LogP contribution is -2.39. The molecule has 0 aromatic heterocycles. The predicted molar refractivity (Wildman–Crippen MR) is 74.0 cm³/mol. The van der Waals surface area contributed by atoms with Gasteiger partial charge in [-0.1, -0.05) is 25.7 Å². The molecule has 2 N–H and O–H groups in total. The van der Waals surface area contributed by atoms with Gasteiger partial charge in [0.2, 0.25) is 5.91 Å². The smallest absolute Gasteiger partial charge is 0.310 e. The molecule has 5 heteroatoms. The van der Waals surface area contributed by atoms with E-state index in [-0.39, 0.29) is 12.3 Å². The maximum Gasteiger partial charge on any atom is 0.310 e. The first kappa shape index (κ1) is 16.0. The number of hydrogen-bond acceptors (Lipinski definition) is 3. The third-order valence-electron chi connectivity index (χ3n) is 3.89. The highest BCUT2D eigenvalue weighted by molar-refractivity contribution is 5.85. The molecule has 1 saturated carbocycles. The van der Waals surface area contributed by atoms with E-state index in [1.807, 2.05) is 19.0 Å². The van der Waals surface area contributed by atoms with Gasteiger partial charge in [-0.2, -0.15) is 0 Å². The van der Waals surface area contributed by atoms with Gasteiger partial charge in [0.05, 0.1) is 5.41 Å². The van der Waals surface area contributed by atoms with Crippen molar-refractivity contribution in [3.8, 4) is 0 Å². The van der Waals surface area contributed by atoms with Gasteiger partial charge in [0, 0.05) is 19.5 Å². The average Bonchev–Trinajstić information content (AvgIpc) is 2.55. The van der Waals surface area contributed by atoms with Gasteiger partial charge in [-0.15, -0.1) is 0 Å². The number of rotatable bonds is 6. The molecule has 1 fully saturated rings. The third-order valence-corrected chi connectivity index (χ3v) is 3.89. The van der Waals surface area contributed by atoms with Crippen LogP contribution in [0.1, 0.15) is 44.9 Å². The SMILES string of the molecule is CN(C)CCNC(=O)CC1(C(=O)O)CCCCCC1. The van der Waals surface area contributed by atoms with Crippen molar-refractivity contribution in [3.05, 3.63) is 0 Å². The van der Waals surface area contributed by atoms with Crippen LogP contribution >= 0.6 is 0 Å². The second-order valence-corrected chi connectivity index (χ2v) is 5.83. The standard InChI is InChI=1S/C14H26N2O3/c1-16(2)10-9-15-12(17)11-14(13(18)19)7-5-3-4-6-8-14/h3-11H2,1-2H3,(H,15,17)(H,18,19). The zero-order chi connectivity index (χ0) is 14.3. The Morgan fingerprint density at radius 3 is 2.21 bits per heavy atom. The number of carboxylic acids is 1. The Morgan fingerprint density at radius 2 is 1.74 bits per heavy atom. The van der Waals surface area contributed by atoms with Crippen molar-refractivity contribution in [2.45, 2.75) is 44.9 Å². The van der Waals surface area contributed by atoms with E-state index in [2.05, 4.69) is 5.32 Å². The highest BCUT2D eigenvalue weighted by Crippen LogP contribution is 2.38. The van der Waals surface area contributed by atoms with Gasteiger partial charge < -0.3 is 15.3 Å². The molecule has 0 heterocycles. The van der Waals surface area contributed by atoms with Gasteiger partial charge in [-0.05, 0) is 26.9 Å². The first-order chi connectivity index (χ1) is 8.96. The van der Waals surface area contributed by atoms with E-state index in [0.29, 0.717) is 19.4 Å². The summed E-state index contributed by atoms with van der Waals surface area (Å²) in [5.74, 6) is -0.941. The van der Waals surface area contributed by atoms with E-state index in [1.165, 1.54) is 0 Å². The number of carboxylic acid groups (broad SMARTS) is 1. The molecular weight excluding hydrogens is 244 g/mol. The van der Waals surface area contributed by atoms with Crippen molar-refractivity contribution in [3.63, 3.8) is 0 Å². The fourth-order valence-corrected chi connectivity index (χ4v) is 2.66. The lowest BCUT2D eigenvalue weighted by molar-refractivity contribution is -0.152. The molecule has 0 spiro atoms. The maximum absolute atomic E-state index is 11.9. The van der Waals surface area contributed by atoms with Crippen LogP contribution in [0.5, 0.6) is 0 Å². The van der Waals surface area contributed by atoms with E-state index in [0.717, 1.165) is 32.2 Å². The van der Waals surface area contributed by atoms with E-state index >= 15 is 0 Å². The van der Waals surface area contributed by atoms with Gasteiger partial charge in [0.15, 0.2) is 0 Å². The number of likely N-dealkylation sites (N-methyl/N-ethyl adjacent to an activating group) is 1. The molecule has 1 aliphatic carbocycles. The second kappa shape index (κ2) is 7.48. The summed E-state index contributed by atoms with van der Waals surface area (Å²) in [7, 11) is 3.88. The number of amides is 1. The van der Waals surface area contributed by atoms with E-state index < -0.39 is 11.4 Å². The monoisotopic (exact) mass is 270 g/mol. The Hall–Kier alpha value is -1.10. The van der Waals surface area contributed by atoms with E-state index in [1.54, 1.807) is 0 Å². The molecule has 110 valence electrons. The molecule has 0 unspecified atom stereocenters. The lowest BCUT2D eigenvalue weighted by Gasteiger charge is -2.27. The van der Waals surface area contributed by atoms with Crippen molar-refractivity contribution in [2.24, 2.45) is 5.41 Å². The maximum atomic E-state index is 11.9. The molecule has 1 aliphatic rings. The largest absolute Gasteiger partial charge is 0.481 e. The topological polar surface area (TPSA) is 69.6 Å². The first-order valence-electron chi connectivity index (χ1n) is 7.11. The summed E-state index contributed by atoms with van der Waals surface area (Å²) in [6.07, 6.45) is 5.37. The quantitative estimate of drug-likeness (QED) is 0.717. The first-order valence-corrected chi connectivity index (χ1v) is 7.11. The number of nitrogens with zero attached hydrogens (tertiary/aromatic N) is 1. The molecule has 0 radical (unpaired) electrons. The van der Waals surface area contributed by atoms with Gasteiger partial charge in [0.25, 0.3) is 0 Å². The zero-order valence-electron chi connectivity index (χ0n) is 12.1. The molecule has 0 aliphatic heterocycles. The van der Waals surface area contributed by atoms with Crippen LogP contribution in [-0.2, 0) is 9.59 Å². The summed E-state index contributed by atoms with van der Waals surface area (Å²) in [4.78, 5) is 25.5. The summed E-state index contributed by atoms with van der Waals surface area (Å²) in [6, 6.07) is 0. The molecule has 19 heavy (non-hydrogen) atoms. The third kappa shape index (κ3) is 5.19. The van der Waals surface area contributed by atoms with Crippen molar-refractivity contribution < 1.29 is 14.7 Å². The minimum Gasteiger partial charge on any atom is -0.481 e. The van der Waals surface area contributed by atoms with Crippen LogP contribution in [0.15, 0.2) is 0 Å². The Labute approximate surface area is 115 Å². The van der Waals surface area contributed by atoms with Crippen molar-refractivity contribution in [2.75, 3.05) is 27.2 Å². The molecule has 0 aromatic rings. The number of aliphatic carboxylic acids is 1. The summed E-state index contributed by atoms with van der Waals surface area (Å²) in [5.41, 5.74) is -0.835. The second-order valence-electron chi connectivity index (χ2n) is 5.83. The fourth-order valence-electron chi connectivity index (χ4n) is 2.66. The molecule has 0 saturated heterocycles. The van der Waals surface area contributed by atoms with Crippen molar-refractivity contribution in [1.29, 1.82) is 0 Å². The van der Waals surface area contributed by atoms with Crippen molar-refractivity contribution >= 4 is 11.9 Å². The minimum atomic E-state index is -0.835. The van der Waals surface area contributed by atoms with Crippen LogP contribution in [0.3, 0.4) is 0 Å². The highest BCUT2D eigenvalue weighted by atomic mass is 16.4. The van der Waals surface area contributed by atoms with Gasteiger partial charge in [-0.25, -0.2) is 0 Å². The van der Waals surface area contributed by atoms with Crippen LogP contribution in [0.2, 0.25) is 0 Å². The molecule has 1 rings (SSSR count). The summed E-state index contributed by atoms with van der Waals surface area (Å²) in [5, 5.41) is 12.3.